The van der Waals surface area contributed by atoms with Crippen molar-refractivity contribution in [1.29, 1.82) is 0 Å². The maximum atomic E-state index is 12.3. The van der Waals surface area contributed by atoms with E-state index in [1.807, 2.05) is 0 Å². The van der Waals surface area contributed by atoms with Crippen molar-refractivity contribution in [2.24, 2.45) is 17.9 Å². The van der Waals surface area contributed by atoms with E-state index in [0.717, 1.165) is 4.47 Å². The van der Waals surface area contributed by atoms with Gasteiger partial charge in [-0.05, 0) is 18.2 Å². The summed E-state index contributed by atoms with van der Waals surface area (Å²) in [6.07, 6.45) is 1.38. The fourth-order valence-corrected chi connectivity index (χ4v) is 2.43. The molecule has 9 heteroatoms. The Morgan fingerprint density at radius 1 is 1.52 bits per heavy atom. The molecule has 0 saturated heterocycles. The van der Waals surface area contributed by atoms with Gasteiger partial charge in [-0.3, -0.25) is 9.48 Å². The third kappa shape index (κ3) is 3.17. The highest BCUT2D eigenvalue weighted by Crippen LogP contribution is 2.23. The largest absolute Gasteiger partial charge is 0.409 e. The lowest BCUT2D eigenvalue weighted by Gasteiger charge is -2.09. The Balaban J connectivity index is 2.34. The van der Waals surface area contributed by atoms with Crippen molar-refractivity contribution >= 4 is 45.1 Å². The second-order valence-electron chi connectivity index (χ2n) is 4.09. The van der Waals surface area contributed by atoms with Crippen molar-refractivity contribution in [3.8, 4) is 0 Å². The molecule has 2 aromatic rings. The van der Waals surface area contributed by atoms with Gasteiger partial charge in [0.25, 0.3) is 5.91 Å². The number of carbonyl (C=O) groups is 1. The topological polar surface area (TPSA) is 106 Å². The van der Waals surface area contributed by atoms with Gasteiger partial charge >= 0.3 is 0 Å². The molecular formula is C12H11BrClN5O2. The van der Waals surface area contributed by atoms with Crippen molar-refractivity contribution < 1.29 is 10.0 Å². The number of oxime groups is 1. The van der Waals surface area contributed by atoms with Crippen molar-refractivity contribution in [2.45, 2.75) is 0 Å². The minimum atomic E-state index is -0.428. The predicted molar refractivity (Wildman–Crippen MR) is 82.8 cm³/mol. The van der Waals surface area contributed by atoms with Crippen LogP contribution in [0.2, 0.25) is 5.02 Å². The summed E-state index contributed by atoms with van der Waals surface area (Å²) in [7, 11) is 1.62. The summed E-state index contributed by atoms with van der Waals surface area (Å²) in [6.45, 7) is 0. The molecule has 0 atom stereocenters. The molecule has 0 bridgehead atoms. The minimum Gasteiger partial charge on any atom is -0.409 e. The molecule has 0 fully saturated rings. The van der Waals surface area contributed by atoms with Gasteiger partial charge in [0.15, 0.2) is 5.84 Å². The Morgan fingerprint density at radius 2 is 2.24 bits per heavy atom. The maximum Gasteiger partial charge on any atom is 0.258 e. The monoisotopic (exact) mass is 371 g/mol. The Hall–Kier alpha value is -2.06. The molecule has 1 heterocycles. The third-order valence-electron chi connectivity index (χ3n) is 2.73. The zero-order valence-electron chi connectivity index (χ0n) is 10.8. The van der Waals surface area contributed by atoms with E-state index in [4.69, 9.17) is 22.5 Å². The summed E-state index contributed by atoms with van der Waals surface area (Å²) >= 11 is 9.30. The average Bonchev–Trinajstić information content (AvgIpc) is 2.79. The average molecular weight is 373 g/mol. The SMILES string of the molecule is Cn1ncc(C(N)=NO)c1NC(=O)c1ccc(Br)cc1Cl. The van der Waals surface area contributed by atoms with E-state index in [1.54, 1.807) is 25.2 Å². The first-order chi connectivity index (χ1) is 9.93. The number of hydrogen-bond donors (Lipinski definition) is 3. The van der Waals surface area contributed by atoms with E-state index in [1.165, 1.54) is 10.9 Å². The van der Waals surface area contributed by atoms with Crippen molar-refractivity contribution in [3.05, 3.63) is 45.0 Å². The summed E-state index contributed by atoms with van der Waals surface area (Å²) in [5.41, 5.74) is 6.14. The van der Waals surface area contributed by atoms with Crippen LogP contribution in [0, 0.1) is 0 Å². The van der Waals surface area contributed by atoms with Crippen LogP contribution in [-0.4, -0.2) is 26.7 Å². The van der Waals surface area contributed by atoms with Gasteiger partial charge in [0.05, 0.1) is 22.3 Å². The molecule has 1 aromatic carbocycles. The standard InChI is InChI=1S/C12H11BrClN5O2/c1-19-11(8(5-16-19)10(15)18-21)17-12(20)7-3-2-6(13)4-9(7)14/h2-5,21H,1H3,(H2,15,18)(H,17,20). The van der Waals surface area contributed by atoms with Crippen LogP contribution in [0.1, 0.15) is 15.9 Å². The highest BCUT2D eigenvalue weighted by atomic mass is 79.9. The second kappa shape index (κ2) is 6.15. The van der Waals surface area contributed by atoms with E-state index >= 15 is 0 Å². The zero-order chi connectivity index (χ0) is 15.6. The first-order valence-corrected chi connectivity index (χ1v) is 6.87. The summed E-state index contributed by atoms with van der Waals surface area (Å²) < 4.78 is 2.17. The number of aromatic nitrogens is 2. The van der Waals surface area contributed by atoms with Crippen molar-refractivity contribution in [2.75, 3.05) is 5.32 Å². The summed E-state index contributed by atoms with van der Waals surface area (Å²) in [4.78, 5) is 12.3. The van der Waals surface area contributed by atoms with E-state index in [0.29, 0.717) is 22.0 Å². The highest BCUT2D eigenvalue weighted by molar-refractivity contribution is 9.10. The molecule has 21 heavy (non-hydrogen) atoms. The first-order valence-electron chi connectivity index (χ1n) is 5.70. The lowest BCUT2D eigenvalue weighted by Crippen LogP contribution is -2.20. The number of nitrogens with zero attached hydrogens (tertiary/aromatic N) is 3. The normalized spacial score (nSPS) is 11.5. The van der Waals surface area contributed by atoms with Gasteiger partial charge in [0.2, 0.25) is 0 Å². The number of nitrogens with one attached hydrogen (secondary N) is 1. The van der Waals surface area contributed by atoms with E-state index in [2.05, 4.69) is 31.5 Å². The molecule has 0 unspecified atom stereocenters. The van der Waals surface area contributed by atoms with Crippen molar-refractivity contribution in [3.63, 3.8) is 0 Å². The Kier molecular flexibility index (Phi) is 4.49. The molecule has 4 N–H and O–H groups in total. The summed E-state index contributed by atoms with van der Waals surface area (Å²) in [6, 6.07) is 4.90. The van der Waals surface area contributed by atoms with Gasteiger partial charge in [-0.15, -0.1) is 0 Å². The van der Waals surface area contributed by atoms with Crippen LogP contribution in [0.25, 0.3) is 0 Å². The molecule has 0 saturated carbocycles. The molecule has 0 aliphatic heterocycles. The lowest BCUT2D eigenvalue weighted by atomic mass is 10.2. The molecule has 2 rings (SSSR count). The van der Waals surface area contributed by atoms with Crippen LogP contribution in [0.5, 0.6) is 0 Å². The number of anilines is 1. The van der Waals surface area contributed by atoms with Crippen LogP contribution in [0.4, 0.5) is 5.82 Å². The number of hydrogen-bond acceptors (Lipinski definition) is 4. The molecule has 0 aliphatic carbocycles. The molecule has 0 spiro atoms. The molecule has 0 aliphatic rings. The molecule has 1 amide bonds. The van der Waals surface area contributed by atoms with E-state index in [9.17, 15) is 4.79 Å². The Bertz CT molecular complexity index is 728. The van der Waals surface area contributed by atoms with E-state index in [-0.39, 0.29) is 5.84 Å². The third-order valence-corrected chi connectivity index (χ3v) is 3.54. The van der Waals surface area contributed by atoms with Crippen LogP contribution in [0.3, 0.4) is 0 Å². The molecular weight excluding hydrogens is 362 g/mol. The number of halogens is 2. The number of rotatable bonds is 3. The fraction of sp³-hybridized carbons (Fsp3) is 0.0833. The second-order valence-corrected chi connectivity index (χ2v) is 5.42. The zero-order valence-corrected chi connectivity index (χ0v) is 13.2. The minimum absolute atomic E-state index is 0.152. The van der Waals surface area contributed by atoms with Crippen LogP contribution >= 0.6 is 27.5 Å². The van der Waals surface area contributed by atoms with Crippen LogP contribution < -0.4 is 11.1 Å². The van der Waals surface area contributed by atoms with Gasteiger partial charge < -0.3 is 16.3 Å². The van der Waals surface area contributed by atoms with Gasteiger partial charge in [-0.2, -0.15) is 5.10 Å². The van der Waals surface area contributed by atoms with Gasteiger partial charge in [-0.25, -0.2) is 0 Å². The number of nitrogens with two attached hydrogens (primary N) is 1. The maximum absolute atomic E-state index is 12.3. The molecule has 0 radical (unpaired) electrons. The first kappa shape index (κ1) is 15.3. The van der Waals surface area contributed by atoms with Gasteiger partial charge in [0.1, 0.15) is 5.82 Å². The quantitative estimate of drug-likeness (QED) is 0.332. The Morgan fingerprint density at radius 3 is 2.86 bits per heavy atom. The number of aryl methyl sites for hydroxylation is 1. The smallest absolute Gasteiger partial charge is 0.258 e. The number of benzene rings is 1. The van der Waals surface area contributed by atoms with Crippen LogP contribution in [0.15, 0.2) is 34.0 Å². The van der Waals surface area contributed by atoms with Crippen molar-refractivity contribution in [1.82, 2.24) is 9.78 Å². The lowest BCUT2D eigenvalue weighted by molar-refractivity contribution is 0.102. The summed E-state index contributed by atoms with van der Waals surface area (Å²) in [5.74, 6) is -0.280. The highest BCUT2D eigenvalue weighted by Gasteiger charge is 2.17. The molecule has 7 nitrogen and oxygen atoms in total. The summed E-state index contributed by atoms with van der Waals surface area (Å²) in [5, 5.41) is 18.5. The van der Waals surface area contributed by atoms with Crippen LogP contribution in [-0.2, 0) is 7.05 Å². The number of amides is 1. The molecule has 110 valence electrons. The molecule has 1 aromatic heterocycles. The fourth-order valence-electron chi connectivity index (χ4n) is 1.68. The predicted octanol–water partition coefficient (Wildman–Crippen LogP) is 2.18. The number of carbonyl (C=O) groups excluding carboxylic acids is 1. The van der Waals surface area contributed by atoms with Gasteiger partial charge in [-0.1, -0.05) is 32.7 Å². The number of amidine groups is 1. The van der Waals surface area contributed by atoms with E-state index < -0.39 is 5.91 Å². The Labute approximate surface area is 133 Å². The van der Waals surface area contributed by atoms with Gasteiger partial charge in [0, 0.05) is 11.5 Å².